The van der Waals surface area contributed by atoms with E-state index in [1.54, 1.807) is 29.1 Å². The number of nitrogens with one attached hydrogen (secondary N) is 1. The summed E-state index contributed by atoms with van der Waals surface area (Å²) >= 11 is 1.59. The predicted octanol–water partition coefficient (Wildman–Crippen LogP) is 2.54. The fraction of sp³-hybridized carbons (Fsp3) is 0.190. The number of likely N-dealkylation sites (N-methyl/N-ethyl adjacent to an activating group) is 1. The zero-order chi connectivity index (χ0) is 21.5. The Morgan fingerprint density at radius 2 is 2.10 bits per heavy atom. The van der Waals surface area contributed by atoms with Gasteiger partial charge in [-0.05, 0) is 36.1 Å². The molecule has 9 nitrogen and oxygen atoms in total. The summed E-state index contributed by atoms with van der Waals surface area (Å²) in [6.07, 6.45) is 4.14. The fourth-order valence-electron chi connectivity index (χ4n) is 3.64. The molecule has 4 aromatic heterocycles. The second kappa shape index (κ2) is 7.47. The van der Waals surface area contributed by atoms with Crippen molar-refractivity contribution in [2.24, 2.45) is 0 Å². The van der Waals surface area contributed by atoms with Gasteiger partial charge in [-0.2, -0.15) is 5.10 Å². The Hall–Kier alpha value is -3.79. The molecule has 5 rings (SSSR count). The van der Waals surface area contributed by atoms with Gasteiger partial charge in [-0.3, -0.25) is 4.79 Å². The highest BCUT2D eigenvalue weighted by atomic mass is 32.1. The molecule has 1 unspecified atom stereocenters. The van der Waals surface area contributed by atoms with E-state index < -0.39 is 5.97 Å². The van der Waals surface area contributed by atoms with Crippen molar-refractivity contribution in [1.82, 2.24) is 24.9 Å². The molecular formula is C21H18N6O3S. The summed E-state index contributed by atoms with van der Waals surface area (Å²) in [6, 6.07) is 8.49. The molecule has 1 aliphatic heterocycles. The molecule has 0 spiro atoms. The van der Waals surface area contributed by atoms with Gasteiger partial charge in [0.05, 0.1) is 33.6 Å². The molecule has 1 fully saturated rings. The van der Waals surface area contributed by atoms with Crippen molar-refractivity contribution < 1.29 is 14.7 Å². The lowest BCUT2D eigenvalue weighted by atomic mass is 10.0. The van der Waals surface area contributed by atoms with E-state index in [0.29, 0.717) is 35.7 Å². The molecule has 156 valence electrons. The van der Waals surface area contributed by atoms with Crippen molar-refractivity contribution >= 4 is 34.7 Å². The second-order valence-corrected chi connectivity index (χ2v) is 8.08. The predicted molar refractivity (Wildman–Crippen MR) is 116 cm³/mol. The van der Waals surface area contributed by atoms with Crippen LogP contribution in [-0.2, 0) is 4.79 Å². The van der Waals surface area contributed by atoms with Gasteiger partial charge >= 0.3 is 5.97 Å². The number of pyridine rings is 1. The minimum atomic E-state index is -1.06. The van der Waals surface area contributed by atoms with E-state index in [4.69, 9.17) is 4.98 Å². The lowest BCUT2D eigenvalue weighted by molar-refractivity contribution is -0.123. The minimum absolute atomic E-state index is 0.0938. The number of thiophene rings is 1. The van der Waals surface area contributed by atoms with Gasteiger partial charge in [0, 0.05) is 19.8 Å². The number of amides is 1. The molecule has 1 saturated heterocycles. The highest BCUT2D eigenvalue weighted by molar-refractivity contribution is 7.13. The zero-order valence-electron chi connectivity index (χ0n) is 16.5. The largest absolute Gasteiger partial charge is 0.478 e. The van der Waals surface area contributed by atoms with Crippen LogP contribution in [0.2, 0.25) is 0 Å². The van der Waals surface area contributed by atoms with Gasteiger partial charge < -0.3 is 15.3 Å². The Morgan fingerprint density at radius 3 is 2.77 bits per heavy atom. The number of nitrogens with zero attached hydrogens (tertiary/aromatic N) is 5. The average molecular weight is 434 g/mol. The number of aromatic nitrogens is 4. The molecule has 1 aliphatic rings. The Morgan fingerprint density at radius 1 is 1.23 bits per heavy atom. The summed E-state index contributed by atoms with van der Waals surface area (Å²) in [5.41, 5.74) is 2.55. The number of rotatable bonds is 5. The molecule has 1 amide bonds. The number of hydrogen-bond donors (Lipinski definition) is 2. The fourth-order valence-corrected chi connectivity index (χ4v) is 4.33. The van der Waals surface area contributed by atoms with Gasteiger partial charge in [-0.1, -0.05) is 6.07 Å². The molecule has 2 N–H and O–H groups in total. The molecule has 0 radical (unpaired) electrons. The third-order valence-corrected chi connectivity index (χ3v) is 6.23. The SMILES string of the molecule is CNC(=O)C1CCN1c1cc(C(=O)O)cc(-c2cnn3ccc(-c4cccs4)nc23)n1. The van der Waals surface area contributed by atoms with Crippen molar-refractivity contribution in [2.45, 2.75) is 12.5 Å². The van der Waals surface area contributed by atoms with E-state index in [2.05, 4.69) is 15.4 Å². The lowest BCUT2D eigenvalue weighted by Crippen LogP contribution is -2.56. The maximum atomic E-state index is 12.1. The lowest BCUT2D eigenvalue weighted by Gasteiger charge is -2.40. The number of aromatic carboxylic acids is 1. The Kier molecular flexibility index (Phi) is 4.63. The molecule has 10 heteroatoms. The highest BCUT2D eigenvalue weighted by Gasteiger charge is 2.35. The molecule has 1 atom stereocenters. The highest BCUT2D eigenvalue weighted by Crippen LogP contribution is 2.31. The van der Waals surface area contributed by atoms with Crippen molar-refractivity contribution in [3.63, 3.8) is 0 Å². The van der Waals surface area contributed by atoms with Crippen LogP contribution >= 0.6 is 11.3 Å². The van der Waals surface area contributed by atoms with Crippen LogP contribution in [0.15, 0.2) is 48.1 Å². The average Bonchev–Trinajstić information content (AvgIpc) is 3.42. The molecule has 0 bridgehead atoms. The van der Waals surface area contributed by atoms with E-state index in [9.17, 15) is 14.7 Å². The van der Waals surface area contributed by atoms with E-state index in [1.807, 2.05) is 34.7 Å². The maximum absolute atomic E-state index is 12.1. The third-order valence-electron chi connectivity index (χ3n) is 5.34. The summed E-state index contributed by atoms with van der Waals surface area (Å²) in [4.78, 5) is 36.2. The minimum Gasteiger partial charge on any atom is -0.478 e. The van der Waals surface area contributed by atoms with Gasteiger partial charge in [-0.25, -0.2) is 19.3 Å². The van der Waals surface area contributed by atoms with Crippen LogP contribution in [-0.4, -0.2) is 56.2 Å². The first kappa shape index (κ1) is 19.2. The summed E-state index contributed by atoms with van der Waals surface area (Å²) in [5.74, 6) is -0.734. The zero-order valence-corrected chi connectivity index (χ0v) is 17.3. The van der Waals surface area contributed by atoms with Crippen LogP contribution in [0.4, 0.5) is 5.82 Å². The van der Waals surface area contributed by atoms with E-state index in [0.717, 1.165) is 10.6 Å². The van der Waals surface area contributed by atoms with Crippen molar-refractivity contribution in [2.75, 3.05) is 18.5 Å². The normalized spacial score (nSPS) is 15.6. The van der Waals surface area contributed by atoms with Gasteiger partial charge in [0.2, 0.25) is 5.91 Å². The monoisotopic (exact) mass is 434 g/mol. The molecule has 0 saturated carbocycles. The molecule has 31 heavy (non-hydrogen) atoms. The van der Waals surface area contributed by atoms with Gasteiger partial charge in [-0.15, -0.1) is 11.3 Å². The molecule has 0 aliphatic carbocycles. The first-order chi connectivity index (χ1) is 15.0. The van der Waals surface area contributed by atoms with Gasteiger partial charge in [0.1, 0.15) is 11.9 Å². The maximum Gasteiger partial charge on any atom is 0.335 e. The van der Waals surface area contributed by atoms with Crippen LogP contribution in [0.3, 0.4) is 0 Å². The van der Waals surface area contributed by atoms with E-state index in [1.165, 1.54) is 12.1 Å². The summed E-state index contributed by atoms with van der Waals surface area (Å²) < 4.78 is 1.64. The Labute approximate surface area is 181 Å². The van der Waals surface area contributed by atoms with Crippen LogP contribution in [0.1, 0.15) is 16.8 Å². The van der Waals surface area contributed by atoms with Crippen LogP contribution in [0, 0.1) is 0 Å². The van der Waals surface area contributed by atoms with Crippen LogP contribution < -0.4 is 10.2 Å². The Bertz CT molecular complexity index is 1300. The topological polar surface area (TPSA) is 113 Å². The quantitative estimate of drug-likeness (QED) is 0.496. The molecule has 0 aromatic carbocycles. The smallest absolute Gasteiger partial charge is 0.335 e. The van der Waals surface area contributed by atoms with Crippen LogP contribution in [0.25, 0.3) is 27.5 Å². The first-order valence-electron chi connectivity index (χ1n) is 9.67. The summed E-state index contributed by atoms with van der Waals surface area (Å²) in [5, 5.41) is 18.6. The third kappa shape index (κ3) is 3.30. The number of carboxylic acids is 1. The number of anilines is 1. The van der Waals surface area contributed by atoms with E-state index in [-0.39, 0.29) is 17.5 Å². The number of hydrogen-bond acceptors (Lipinski definition) is 7. The Balaban J connectivity index is 1.62. The van der Waals surface area contributed by atoms with Crippen molar-refractivity contribution in [3.8, 4) is 21.8 Å². The number of carbonyl (C=O) groups excluding carboxylic acids is 1. The van der Waals surface area contributed by atoms with E-state index >= 15 is 0 Å². The number of fused-ring (bicyclic) bond motifs is 1. The van der Waals surface area contributed by atoms with Crippen molar-refractivity contribution in [3.05, 3.63) is 53.7 Å². The van der Waals surface area contributed by atoms with Gasteiger partial charge in [0.15, 0.2) is 5.65 Å². The summed E-state index contributed by atoms with van der Waals surface area (Å²) in [6.45, 7) is 0.628. The number of carbonyl (C=O) groups is 2. The second-order valence-electron chi connectivity index (χ2n) is 7.13. The summed E-state index contributed by atoms with van der Waals surface area (Å²) in [7, 11) is 1.58. The number of carboxylic acid groups (broad SMARTS) is 1. The first-order valence-corrected chi connectivity index (χ1v) is 10.6. The molecule has 5 heterocycles. The standard InChI is InChI=1S/C21H18N6O3S/c1-22-20(28)16-5-6-26(16)18-10-12(21(29)30)9-15(24-18)13-11-23-27-7-4-14(25-19(13)27)17-3-2-8-31-17/h2-4,7-11,16H,5-6H2,1H3,(H,22,28)(H,29,30). The molecular weight excluding hydrogens is 416 g/mol. The van der Waals surface area contributed by atoms with Gasteiger partial charge in [0.25, 0.3) is 0 Å². The van der Waals surface area contributed by atoms with Crippen molar-refractivity contribution in [1.29, 1.82) is 0 Å². The molecule has 4 aromatic rings. The van der Waals surface area contributed by atoms with Crippen LogP contribution in [0.5, 0.6) is 0 Å².